The van der Waals surface area contributed by atoms with E-state index in [1.807, 2.05) is 0 Å². The molecule has 0 amide bonds. The number of hydrogen-bond acceptors (Lipinski definition) is 6. The first kappa shape index (κ1) is 23.5. The van der Waals surface area contributed by atoms with Gasteiger partial charge in [0.1, 0.15) is 0 Å². The lowest BCUT2D eigenvalue weighted by Gasteiger charge is -2.10. The van der Waals surface area contributed by atoms with Crippen molar-refractivity contribution < 1.29 is 26.3 Å². The van der Waals surface area contributed by atoms with Gasteiger partial charge in [-0.25, -0.2) is 0 Å². The topological polar surface area (TPSA) is 0 Å². The minimum atomic E-state index is -3.26. The minimum absolute atomic E-state index is 0.00360. The monoisotopic (exact) mass is 638 g/mol. The van der Waals surface area contributed by atoms with Crippen LogP contribution in [0.1, 0.15) is 33.4 Å². The molecule has 3 aliphatic carbocycles. The molecule has 0 aliphatic heterocycles. The third-order valence-electron chi connectivity index (χ3n) is 7.39. The van der Waals surface area contributed by atoms with Gasteiger partial charge >= 0.3 is 17.8 Å². The summed E-state index contributed by atoms with van der Waals surface area (Å²) in [5.74, 6) is -9.45. The molecule has 0 atom stereocenters. The molecule has 0 bridgehead atoms. The Hall–Kier alpha value is -2.22. The second kappa shape index (κ2) is 7.15. The summed E-state index contributed by atoms with van der Waals surface area (Å²) in [6, 6.07) is 8.56. The maximum atomic E-state index is 15.7. The van der Waals surface area contributed by atoms with E-state index in [4.69, 9.17) is 0 Å². The summed E-state index contributed by atoms with van der Waals surface area (Å²) >= 11 is 7.26. The standard InChI is InChI=1S/C27H8F6S6/c28-25(29)9-1-3-34-19(9)21-11(25)5-15(36-21)17-7-13-23(38-17)24-14(27(13,32)33)8-18(39-24)16-6-12-22(37-16)20-10(2-4-35-20)26(12,30)31/h1-8H. The summed E-state index contributed by atoms with van der Waals surface area (Å²) in [6.07, 6.45) is 0. The zero-order chi connectivity index (χ0) is 26.6. The molecule has 0 radical (unpaired) electrons. The molecule has 0 spiro atoms. The summed E-state index contributed by atoms with van der Waals surface area (Å²) in [4.78, 5) is 5.00. The van der Waals surface area contributed by atoms with Gasteiger partial charge in [-0.1, -0.05) is 0 Å². The maximum absolute atomic E-state index is 15.7. The highest BCUT2D eigenvalue weighted by atomic mass is 32.1. The molecule has 6 aromatic heterocycles. The molecular formula is C27H8F6S6. The van der Waals surface area contributed by atoms with Crippen LogP contribution in [0.25, 0.3) is 48.8 Å². The molecule has 6 aromatic rings. The van der Waals surface area contributed by atoms with E-state index >= 15 is 8.78 Å². The number of alkyl halides is 6. The smallest absolute Gasteiger partial charge is 0.196 e. The van der Waals surface area contributed by atoms with Gasteiger partial charge in [0, 0.05) is 52.9 Å². The van der Waals surface area contributed by atoms with E-state index < -0.39 is 17.8 Å². The SMILES string of the molecule is FC1(F)c2ccsc2-c2sc(-c3cc4c(s3)-c3sc(-c5cc6c(s5)-c5sccc5C6(F)F)cc3C4(F)F)cc21. The molecule has 9 rings (SSSR count). The van der Waals surface area contributed by atoms with E-state index in [0.29, 0.717) is 48.8 Å². The molecule has 194 valence electrons. The zero-order valence-corrected chi connectivity index (χ0v) is 23.7. The van der Waals surface area contributed by atoms with E-state index in [1.54, 1.807) is 10.8 Å². The van der Waals surface area contributed by atoms with Gasteiger partial charge in [-0.05, 0) is 47.2 Å². The van der Waals surface area contributed by atoms with Crippen molar-refractivity contribution in [2.45, 2.75) is 17.8 Å². The Bertz CT molecular complexity index is 1880. The minimum Gasteiger partial charge on any atom is -0.196 e. The van der Waals surface area contributed by atoms with Crippen LogP contribution in [0.3, 0.4) is 0 Å². The van der Waals surface area contributed by atoms with Crippen molar-refractivity contribution in [3.05, 3.63) is 80.5 Å². The van der Waals surface area contributed by atoms with Gasteiger partial charge in [0.2, 0.25) is 0 Å². The van der Waals surface area contributed by atoms with Gasteiger partial charge in [0.15, 0.2) is 0 Å². The largest absolute Gasteiger partial charge is 0.301 e. The molecule has 0 fully saturated rings. The Labute approximate surface area is 240 Å². The maximum Gasteiger partial charge on any atom is 0.301 e. The van der Waals surface area contributed by atoms with Crippen molar-refractivity contribution in [3.8, 4) is 48.8 Å². The molecular weight excluding hydrogens is 631 g/mol. The Morgan fingerprint density at radius 3 is 1.00 bits per heavy atom. The van der Waals surface area contributed by atoms with Crippen LogP contribution in [0.5, 0.6) is 0 Å². The van der Waals surface area contributed by atoms with Crippen molar-refractivity contribution in [1.82, 2.24) is 0 Å². The Balaban J connectivity index is 1.14. The van der Waals surface area contributed by atoms with Gasteiger partial charge < -0.3 is 0 Å². The van der Waals surface area contributed by atoms with Gasteiger partial charge in [-0.2, -0.15) is 26.3 Å². The molecule has 0 nitrogen and oxygen atoms in total. The molecule has 0 unspecified atom stereocenters. The van der Waals surface area contributed by atoms with Crippen LogP contribution in [0.4, 0.5) is 26.3 Å². The lowest BCUT2D eigenvalue weighted by molar-refractivity contribution is 0.0479. The molecule has 6 heterocycles. The van der Waals surface area contributed by atoms with Crippen LogP contribution in [0.2, 0.25) is 0 Å². The fourth-order valence-electron chi connectivity index (χ4n) is 5.56. The highest BCUT2D eigenvalue weighted by Crippen LogP contribution is 2.63. The third-order valence-corrected chi connectivity index (χ3v) is 14.6. The van der Waals surface area contributed by atoms with Gasteiger partial charge in [0.05, 0.1) is 29.3 Å². The van der Waals surface area contributed by atoms with E-state index in [1.165, 1.54) is 104 Å². The summed E-state index contributed by atoms with van der Waals surface area (Å²) < 4.78 is 91.2. The van der Waals surface area contributed by atoms with Crippen molar-refractivity contribution in [2.24, 2.45) is 0 Å². The summed E-state index contributed by atoms with van der Waals surface area (Å²) in [7, 11) is 0. The molecule has 12 heteroatoms. The fraction of sp³-hybridized carbons (Fsp3) is 0.111. The first-order valence-electron chi connectivity index (χ1n) is 11.4. The lowest BCUT2D eigenvalue weighted by atomic mass is 10.1. The summed E-state index contributed by atoms with van der Waals surface area (Å²) in [6.45, 7) is 0. The van der Waals surface area contributed by atoms with Crippen LogP contribution < -0.4 is 0 Å². The van der Waals surface area contributed by atoms with Crippen LogP contribution in [0, 0.1) is 0 Å². The predicted molar refractivity (Wildman–Crippen MR) is 150 cm³/mol. The number of halogens is 6. The number of fused-ring (bicyclic) bond motifs is 9. The average Bonchev–Trinajstić information content (AvgIpc) is 3.70. The first-order valence-corrected chi connectivity index (χ1v) is 16.5. The highest BCUT2D eigenvalue weighted by molar-refractivity contribution is 7.31. The molecule has 0 N–H and O–H groups in total. The third kappa shape index (κ3) is 2.75. The average molecular weight is 639 g/mol. The van der Waals surface area contributed by atoms with Crippen molar-refractivity contribution in [1.29, 1.82) is 0 Å². The lowest BCUT2D eigenvalue weighted by Crippen LogP contribution is -2.09. The van der Waals surface area contributed by atoms with E-state index in [9.17, 15) is 17.6 Å². The zero-order valence-electron chi connectivity index (χ0n) is 18.8. The Morgan fingerprint density at radius 2 is 0.667 bits per heavy atom. The second-order valence-electron chi connectivity index (χ2n) is 9.46. The fourth-order valence-corrected chi connectivity index (χ4v) is 12.8. The van der Waals surface area contributed by atoms with Crippen molar-refractivity contribution >= 4 is 68.0 Å². The number of thiophene rings is 6. The predicted octanol–water partition coefficient (Wildman–Crippen LogP) is 11.8. The second-order valence-corrected chi connectivity index (χ2v) is 15.5. The number of rotatable bonds is 2. The molecule has 0 saturated carbocycles. The van der Waals surface area contributed by atoms with Gasteiger partial charge in [-0.3, -0.25) is 0 Å². The van der Waals surface area contributed by atoms with Crippen LogP contribution >= 0.6 is 68.0 Å². The number of hydrogen-bond donors (Lipinski definition) is 0. The van der Waals surface area contributed by atoms with Gasteiger partial charge in [0.25, 0.3) is 0 Å². The van der Waals surface area contributed by atoms with Crippen molar-refractivity contribution in [2.75, 3.05) is 0 Å². The Kier molecular flexibility index (Phi) is 4.31. The molecule has 3 aliphatic rings. The Morgan fingerprint density at radius 1 is 0.385 bits per heavy atom. The normalized spacial score (nSPS) is 18.1. The van der Waals surface area contributed by atoms with E-state index in [0.717, 1.165) is 0 Å². The first-order chi connectivity index (χ1) is 18.6. The van der Waals surface area contributed by atoms with Crippen molar-refractivity contribution in [3.63, 3.8) is 0 Å². The quantitative estimate of drug-likeness (QED) is 0.166. The van der Waals surface area contributed by atoms with Crippen LogP contribution in [-0.4, -0.2) is 0 Å². The van der Waals surface area contributed by atoms with E-state index in [-0.39, 0.29) is 33.4 Å². The highest BCUT2D eigenvalue weighted by Gasteiger charge is 2.51. The molecule has 0 aromatic carbocycles. The van der Waals surface area contributed by atoms with Crippen LogP contribution in [0.15, 0.2) is 47.2 Å². The molecule has 0 saturated heterocycles. The summed E-state index contributed by atoms with van der Waals surface area (Å²) in [5.41, 5.74) is -0.389. The van der Waals surface area contributed by atoms with E-state index in [2.05, 4.69) is 0 Å². The summed E-state index contributed by atoms with van der Waals surface area (Å²) in [5, 5.41) is 3.28. The van der Waals surface area contributed by atoms with Crippen LogP contribution in [-0.2, 0) is 17.8 Å². The van der Waals surface area contributed by atoms with Gasteiger partial charge in [-0.15, -0.1) is 68.0 Å². The molecule has 39 heavy (non-hydrogen) atoms.